The molecular formula is C24H38F3NO5. The maximum Gasteiger partial charge on any atom is 0.419 e. The Hall–Kier alpha value is -2.00. The van der Waals surface area contributed by atoms with Crippen LogP contribution in [0.3, 0.4) is 0 Å². The van der Waals surface area contributed by atoms with E-state index in [2.05, 4.69) is 12.2 Å². The second-order valence-electron chi connectivity index (χ2n) is 9.31. The third-order valence-electron chi connectivity index (χ3n) is 5.12. The lowest BCUT2D eigenvalue weighted by Gasteiger charge is -2.32. The highest BCUT2D eigenvalue weighted by atomic mass is 19.4. The van der Waals surface area contributed by atoms with Crippen LogP contribution in [0.2, 0.25) is 0 Å². The SMILES string of the molecule is CCCCCCCOc1ccc(CCC(CO)(CO)NC(=O)OC(C)(C)C)cc1C(F)(F)F. The van der Waals surface area contributed by atoms with Crippen LogP contribution in [0.25, 0.3) is 0 Å². The molecule has 0 saturated carbocycles. The second-order valence-corrected chi connectivity index (χ2v) is 9.31. The van der Waals surface area contributed by atoms with E-state index < -0.39 is 42.2 Å². The monoisotopic (exact) mass is 477 g/mol. The summed E-state index contributed by atoms with van der Waals surface area (Å²) in [6.07, 6.45) is -0.536. The van der Waals surface area contributed by atoms with Crippen LogP contribution in [0.1, 0.15) is 77.3 Å². The molecule has 0 aliphatic carbocycles. The van der Waals surface area contributed by atoms with Crippen molar-refractivity contribution in [2.24, 2.45) is 0 Å². The third-order valence-corrected chi connectivity index (χ3v) is 5.12. The number of hydrogen-bond donors (Lipinski definition) is 3. The van der Waals surface area contributed by atoms with Gasteiger partial charge in [-0.25, -0.2) is 4.79 Å². The van der Waals surface area contributed by atoms with Crippen molar-refractivity contribution in [2.45, 2.75) is 90.0 Å². The molecule has 1 aromatic carbocycles. The van der Waals surface area contributed by atoms with Crippen molar-refractivity contribution in [3.63, 3.8) is 0 Å². The van der Waals surface area contributed by atoms with Crippen LogP contribution in [0.15, 0.2) is 18.2 Å². The van der Waals surface area contributed by atoms with E-state index in [9.17, 15) is 28.2 Å². The molecule has 190 valence electrons. The highest BCUT2D eigenvalue weighted by molar-refractivity contribution is 5.68. The van der Waals surface area contributed by atoms with Gasteiger partial charge in [0.1, 0.15) is 11.4 Å². The summed E-state index contributed by atoms with van der Waals surface area (Å²) in [4.78, 5) is 12.1. The molecule has 1 amide bonds. The van der Waals surface area contributed by atoms with Crippen LogP contribution in [0, 0.1) is 0 Å². The molecule has 3 N–H and O–H groups in total. The maximum absolute atomic E-state index is 13.6. The molecule has 0 spiro atoms. The molecule has 6 nitrogen and oxygen atoms in total. The van der Waals surface area contributed by atoms with Gasteiger partial charge >= 0.3 is 12.3 Å². The number of hydrogen-bond acceptors (Lipinski definition) is 5. The van der Waals surface area contributed by atoms with Crippen molar-refractivity contribution in [1.29, 1.82) is 0 Å². The Morgan fingerprint density at radius 1 is 1.03 bits per heavy atom. The van der Waals surface area contributed by atoms with E-state index in [1.54, 1.807) is 20.8 Å². The van der Waals surface area contributed by atoms with E-state index in [1.165, 1.54) is 12.1 Å². The average Bonchev–Trinajstić information content (AvgIpc) is 2.72. The summed E-state index contributed by atoms with van der Waals surface area (Å²) >= 11 is 0. The first-order chi connectivity index (χ1) is 15.4. The molecule has 0 bridgehead atoms. The number of alkyl carbamates (subject to hydrolysis) is 1. The number of carbonyl (C=O) groups is 1. The van der Waals surface area contributed by atoms with Crippen LogP contribution >= 0.6 is 0 Å². The van der Waals surface area contributed by atoms with Gasteiger partial charge in [-0.1, -0.05) is 38.7 Å². The highest BCUT2D eigenvalue weighted by Gasteiger charge is 2.36. The van der Waals surface area contributed by atoms with Gasteiger partial charge in [-0.05, 0) is 57.7 Å². The molecular weight excluding hydrogens is 439 g/mol. The summed E-state index contributed by atoms with van der Waals surface area (Å²) < 4.78 is 51.4. The number of aryl methyl sites for hydroxylation is 1. The zero-order valence-corrected chi connectivity index (χ0v) is 20.1. The number of unbranched alkanes of at least 4 members (excludes halogenated alkanes) is 4. The molecule has 9 heteroatoms. The Balaban J connectivity index is 2.87. The number of alkyl halides is 3. The Morgan fingerprint density at radius 3 is 2.21 bits per heavy atom. The second kappa shape index (κ2) is 13.0. The number of aliphatic hydroxyl groups excluding tert-OH is 2. The molecule has 0 aliphatic rings. The number of aliphatic hydroxyl groups is 2. The lowest BCUT2D eigenvalue weighted by Crippen LogP contribution is -2.55. The Labute approximate surface area is 194 Å². The highest BCUT2D eigenvalue weighted by Crippen LogP contribution is 2.37. The van der Waals surface area contributed by atoms with Crippen molar-refractivity contribution in [3.05, 3.63) is 29.3 Å². The number of carbonyl (C=O) groups excluding carboxylic acids is 1. The fourth-order valence-corrected chi connectivity index (χ4v) is 3.22. The zero-order valence-electron chi connectivity index (χ0n) is 20.1. The molecule has 0 atom stereocenters. The standard InChI is InChI=1S/C24H38F3NO5/c1-5-6-7-8-9-14-32-20-11-10-18(15-19(20)24(25,26)27)12-13-23(16-29,17-30)28-21(31)33-22(2,3)4/h10-11,15,29-30H,5-9,12-14,16-17H2,1-4H3,(H,28,31). The van der Waals surface area contributed by atoms with Gasteiger partial charge in [0.05, 0.1) is 30.9 Å². The minimum absolute atomic E-state index is 0.00811. The van der Waals surface area contributed by atoms with Gasteiger partial charge in [0.2, 0.25) is 0 Å². The van der Waals surface area contributed by atoms with E-state index in [0.717, 1.165) is 31.7 Å². The summed E-state index contributed by atoms with van der Waals surface area (Å²) in [6.45, 7) is 6.09. The van der Waals surface area contributed by atoms with Gasteiger partial charge in [0, 0.05) is 0 Å². The summed E-state index contributed by atoms with van der Waals surface area (Å²) in [5, 5.41) is 22.0. The molecule has 0 heterocycles. The zero-order chi connectivity index (χ0) is 25.1. The molecule has 33 heavy (non-hydrogen) atoms. The van der Waals surface area contributed by atoms with Crippen molar-refractivity contribution in [1.82, 2.24) is 5.32 Å². The van der Waals surface area contributed by atoms with E-state index in [1.807, 2.05) is 0 Å². The van der Waals surface area contributed by atoms with Gasteiger partial charge in [-0.3, -0.25) is 0 Å². The fraction of sp³-hybridized carbons (Fsp3) is 0.708. The van der Waals surface area contributed by atoms with Crippen LogP contribution in [0.4, 0.5) is 18.0 Å². The summed E-state index contributed by atoms with van der Waals surface area (Å²) in [5.74, 6) is -0.218. The number of amides is 1. The lowest BCUT2D eigenvalue weighted by atomic mass is 9.92. The fourth-order valence-electron chi connectivity index (χ4n) is 3.22. The minimum atomic E-state index is -4.59. The van der Waals surface area contributed by atoms with Crippen molar-refractivity contribution in [3.8, 4) is 5.75 Å². The molecule has 0 fully saturated rings. The summed E-state index contributed by atoms with van der Waals surface area (Å²) in [5.41, 5.74) is -2.75. The molecule has 0 saturated heterocycles. The molecule has 0 radical (unpaired) electrons. The quantitative estimate of drug-likeness (QED) is 0.339. The average molecular weight is 478 g/mol. The lowest BCUT2D eigenvalue weighted by molar-refractivity contribution is -0.139. The van der Waals surface area contributed by atoms with Crippen LogP contribution in [-0.4, -0.2) is 47.3 Å². The van der Waals surface area contributed by atoms with Gasteiger partial charge < -0.3 is 25.0 Å². The Bertz CT molecular complexity index is 728. The molecule has 0 aliphatic heterocycles. The largest absolute Gasteiger partial charge is 0.493 e. The predicted octanol–water partition coefficient (Wildman–Crippen LogP) is 5.24. The first kappa shape index (κ1) is 29.0. The molecule has 0 aromatic heterocycles. The van der Waals surface area contributed by atoms with Gasteiger partial charge in [0.25, 0.3) is 0 Å². The number of benzene rings is 1. The van der Waals surface area contributed by atoms with Crippen LogP contribution in [0.5, 0.6) is 5.75 Å². The summed E-state index contributed by atoms with van der Waals surface area (Å²) in [6, 6.07) is 3.83. The first-order valence-corrected chi connectivity index (χ1v) is 11.4. The molecule has 0 unspecified atom stereocenters. The smallest absolute Gasteiger partial charge is 0.419 e. The van der Waals surface area contributed by atoms with E-state index in [-0.39, 0.29) is 25.2 Å². The van der Waals surface area contributed by atoms with Crippen molar-refractivity contribution in [2.75, 3.05) is 19.8 Å². The Morgan fingerprint density at radius 2 is 1.67 bits per heavy atom. The van der Waals surface area contributed by atoms with Gasteiger partial charge in [-0.15, -0.1) is 0 Å². The normalized spacial score (nSPS) is 12.5. The number of ether oxygens (including phenoxy) is 2. The first-order valence-electron chi connectivity index (χ1n) is 11.4. The van der Waals surface area contributed by atoms with E-state index >= 15 is 0 Å². The molecule has 1 rings (SSSR count). The van der Waals surface area contributed by atoms with Crippen molar-refractivity contribution < 1.29 is 37.7 Å². The van der Waals surface area contributed by atoms with Crippen LogP contribution < -0.4 is 10.1 Å². The minimum Gasteiger partial charge on any atom is -0.493 e. The van der Waals surface area contributed by atoms with Gasteiger partial charge in [-0.2, -0.15) is 13.2 Å². The summed E-state index contributed by atoms with van der Waals surface area (Å²) in [7, 11) is 0. The topological polar surface area (TPSA) is 88.0 Å². The van der Waals surface area contributed by atoms with Gasteiger partial charge in [0.15, 0.2) is 0 Å². The maximum atomic E-state index is 13.6. The van der Waals surface area contributed by atoms with Crippen molar-refractivity contribution >= 4 is 6.09 Å². The number of nitrogens with one attached hydrogen (secondary N) is 1. The number of rotatable bonds is 13. The van der Waals surface area contributed by atoms with E-state index in [0.29, 0.717) is 12.0 Å². The third kappa shape index (κ3) is 10.6. The predicted molar refractivity (Wildman–Crippen MR) is 120 cm³/mol. The Kier molecular flexibility index (Phi) is 11.5. The number of halogens is 3. The van der Waals surface area contributed by atoms with Crippen LogP contribution in [-0.2, 0) is 17.3 Å². The molecule has 1 aromatic rings. The van der Waals surface area contributed by atoms with E-state index in [4.69, 9.17) is 9.47 Å².